The highest BCUT2D eigenvalue weighted by atomic mass is 19.1. The number of halogens is 1. The Morgan fingerprint density at radius 3 is 2.68 bits per heavy atom. The molecule has 22 heavy (non-hydrogen) atoms. The maximum absolute atomic E-state index is 14.6. The molecular formula is C14H19FN4O3. The van der Waals surface area contributed by atoms with E-state index in [2.05, 4.69) is 5.32 Å². The van der Waals surface area contributed by atoms with E-state index in [-0.39, 0.29) is 23.5 Å². The average Bonchev–Trinajstić information content (AvgIpc) is 2.48. The van der Waals surface area contributed by atoms with Crippen molar-refractivity contribution in [3.8, 4) is 0 Å². The van der Waals surface area contributed by atoms with Gasteiger partial charge in [0.1, 0.15) is 11.4 Å². The van der Waals surface area contributed by atoms with Crippen molar-refractivity contribution < 1.29 is 14.1 Å². The number of primary amides is 1. The van der Waals surface area contributed by atoms with E-state index >= 15 is 0 Å². The number of carbonyl (C=O) groups excluding carboxylic acids is 1. The van der Waals surface area contributed by atoms with Crippen LogP contribution in [0.15, 0.2) is 18.2 Å². The predicted molar refractivity (Wildman–Crippen MR) is 80.7 cm³/mol. The lowest BCUT2D eigenvalue weighted by molar-refractivity contribution is -0.384. The lowest BCUT2D eigenvalue weighted by Crippen LogP contribution is -2.44. The molecule has 0 aliphatic carbocycles. The molecule has 7 nitrogen and oxygen atoms in total. The Morgan fingerprint density at radius 2 is 2.14 bits per heavy atom. The molecule has 1 fully saturated rings. The highest BCUT2D eigenvalue weighted by molar-refractivity contribution is 5.94. The average molecular weight is 310 g/mol. The summed E-state index contributed by atoms with van der Waals surface area (Å²) in [6.07, 6.45) is 0.757. The molecule has 1 heterocycles. The fourth-order valence-corrected chi connectivity index (χ4v) is 2.44. The minimum Gasteiger partial charge on any atom is -0.376 e. The molecule has 0 bridgehead atoms. The molecule has 0 aromatic heterocycles. The number of nitrogens with two attached hydrogens (primary N) is 1. The number of nitro groups is 1. The first-order valence-corrected chi connectivity index (χ1v) is 7.00. The molecule has 1 aliphatic rings. The zero-order chi connectivity index (χ0) is 16.3. The third-order valence-corrected chi connectivity index (χ3v) is 3.96. The van der Waals surface area contributed by atoms with Crippen molar-refractivity contribution in [2.45, 2.75) is 18.5 Å². The third-order valence-electron chi connectivity index (χ3n) is 3.96. The number of alkyl halides is 1. The summed E-state index contributed by atoms with van der Waals surface area (Å²) >= 11 is 0. The van der Waals surface area contributed by atoms with Gasteiger partial charge in [0, 0.05) is 31.3 Å². The van der Waals surface area contributed by atoms with Gasteiger partial charge in [-0.2, -0.15) is 0 Å². The second kappa shape index (κ2) is 6.27. The molecule has 0 unspecified atom stereocenters. The van der Waals surface area contributed by atoms with Crippen molar-refractivity contribution in [2.75, 3.05) is 32.0 Å². The molecule has 2 rings (SSSR count). The fourth-order valence-electron chi connectivity index (χ4n) is 2.44. The quantitative estimate of drug-likeness (QED) is 0.634. The van der Waals surface area contributed by atoms with Crippen LogP contribution in [0.5, 0.6) is 0 Å². The monoisotopic (exact) mass is 310 g/mol. The van der Waals surface area contributed by atoms with E-state index in [9.17, 15) is 19.3 Å². The number of piperidine rings is 1. The molecule has 8 heteroatoms. The van der Waals surface area contributed by atoms with Crippen LogP contribution in [0, 0.1) is 10.1 Å². The molecule has 3 N–H and O–H groups in total. The molecule has 1 amide bonds. The number of hydrogen-bond acceptors (Lipinski definition) is 5. The Labute approximate surface area is 127 Å². The minimum atomic E-state index is -1.39. The van der Waals surface area contributed by atoms with Gasteiger partial charge in [0.05, 0.1) is 4.92 Å². The number of benzene rings is 1. The van der Waals surface area contributed by atoms with Crippen LogP contribution in [0.3, 0.4) is 0 Å². The summed E-state index contributed by atoms with van der Waals surface area (Å²) in [7, 11) is 1.93. The molecule has 0 spiro atoms. The van der Waals surface area contributed by atoms with Crippen LogP contribution in [0.2, 0.25) is 0 Å². The zero-order valence-electron chi connectivity index (χ0n) is 12.3. The van der Waals surface area contributed by atoms with E-state index < -0.39 is 16.5 Å². The van der Waals surface area contributed by atoms with Crippen LogP contribution in [0.25, 0.3) is 0 Å². The molecule has 120 valence electrons. The maximum atomic E-state index is 14.6. The molecule has 1 aromatic rings. The Morgan fingerprint density at radius 1 is 1.50 bits per heavy atom. The Kier molecular flexibility index (Phi) is 4.60. The molecule has 0 radical (unpaired) electrons. The predicted octanol–water partition coefficient (Wildman–Crippen LogP) is 1.54. The smallest absolute Gasteiger partial charge is 0.293 e. The van der Waals surface area contributed by atoms with Gasteiger partial charge in [-0.25, -0.2) is 4.39 Å². The van der Waals surface area contributed by atoms with Gasteiger partial charge in [-0.05, 0) is 32.0 Å². The number of anilines is 1. The summed E-state index contributed by atoms with van der Waals surface area (Å²) in [4.78, 5) is 23.6. The van der Waals surface area contributed by atoms with E-state index in [0.717, 1.165) is 6.07 Å². The van der Waals surface area contributed by atoms with Crippen LogP contribution < -0.4 is 11.1 Å². The number of hydrogen-bond donors (Lipinski definition) is 2. The first kappa shape index (κ1) is 16.2. The highest BCUT2D eigenvalue weighted by Gasteiger charge is 2.33. The van der Waals surface area contributed by atoms with Crippen LogP contribution in [0.4, 0.5) is 15.8 Å². The SMILES string of the molecule is CN1CCC(F)(CNc2ccc(C(N)=O)cc2[N+](=O)[O-])CC1. The summed E-state index contributed by atoms with van der Waals surface area (Å²) < 4.78 is 14.6. The van der Waals surface area contributed by atoms with Crippen molar-refractivity contribution in [1.82, 2.24) is 4.90 Å². The molecule has 1 saturated heterocycles. The van der Waals surface area contributed by atoms with Gasteiger partial charge < -0.3 is 16.0 Å². The van der Waals surface area contributed by atoms with Crippen LogP contribution in [-0.2, 0) is 0 Å². The number of carbonyl (C=O) groups is 1. The molecule has 0 atom stereocenters. The van der Waals surface area contributed by atoms with Crippen molar-refractivity contribution in [1.29, 1.82) is 0 Å². The summed E-state index contributed by atoms with van der Waals surface area (Å²) in [5.74, 6) is -0.744. The van der Waals surface area contributed by atoms with Crippen molar-refractivity contribution in [3.63, 3.8) is 0 Å². The number of amides is 1. The number of nitrogens with one attached hydrogen (secondary N) is 1. The fraction of sp³-hybridized carbons (Fsp3) is 0.500. The summed E-state index contributed by atoms with van der Waals surface area (Å²) in [6.45, 7) is 1.30. The minimum absolute atomic E-state index is 0.00238. The standard InChI is InChI=1S/C14H19FN4O3/c1-18-6-4-14(15,5-7-18)9-17-11-3-2-10(13(16)20)8-12(11)19(21)22/h2-3,8,17H,4-7,9H2,1H3,(H2,16,20). The molecule has 1 aromatic carbocycles. The number of rotatable bonds is 5. The number of nitrogens with zero attached hydrogens (tertiary/aromatic N) is 2. The van der Waals surface area contributed by atoms with Gasteiger partial charge in [0.15, 0.2) is 0 Å². The van der Waals surface area contributed by atoms with E-state index in [0.29, 0.717) is 25.9 Å². The second-order valence-corrected chi connectivity index (χ2v) is 5.66. The summed E-state index contributed by atoms with van der Waals surface area (Å²) in [6, 6.07) is 3.87. The maximum Gasteiger partial charge on any atom is 0.293 e. The van der Waals surface area contributed by atoms with Gasteiger partial charge in [-0.15, -0.1) is 0 Å². The van der Waals surface area contributed by atoms with Crippen LogP contribution in [0.1, 0.15) is 23.2 Å². The van der Waals surface area contributed by atoms with Crippen molar-refractivity contribution in [2.24, 2.45) is 5.73 Å². The molecular weight excluding hydrogens is 291 g/mol. The lowest BCUT2D eigenvalue weighted by atomic mass is 9.93. The highest BCUT2D eigenvalue weighted by Crippen LogP contribution is 2.30. The summed E-state index contributed by atoms with van der Waals surface area (Å²) in [5, 5.41) is 13.9. The van der Waals surface area contributed by atoms with Crippen LogP contribution >= 0.6 is 0 Å². The molecule has 0 saturated carbocycles. The Hall–Kier alpha value is -2.22. The second-order valence-electron chi connectivity index (χ2n) is 5.66. The van der Waals surface area contributed by atoms with E-state index in [1.54, 1.807) is 0 Å². The number of nitro benzene ring substituents is 1. The van der Waals surface area contributed by atoms with Gasteiger partial charge in [-0.1, -0.05) is 0 Å². The van der Waals surface area contributed by atoms with E-state index in [1.165, 1.54) is 12.1 Å². The largest absolute Gasteiger partial charge is 0.376 e. The van der Waals surface area contributed by atoms with Crippen molar-refractivity contribution in [3.05, 3.63) is 33.9 Å². The summed E-state index contributed by atoms with van der Waals surface area (Å²) in [5.41, 5.74) is 3.67. The Bertz CT molecular complexity index is 585. The van der Waals surface area contributed by atoms with Gasteiger partial charge in [-0.3, -0.25) is 14.9 Å². The van der Waals surface area contributed by atoms with Gasteiger partial charge >= 0.3 is 0 Å². The van der Waals surface area contributed by atoms with Gasteiger partial charge in [0.25, 0.3) is 5.69 Å². The first-order chi connectivity index (χ1) is 10.3. The van der Waals surface area contributed by atoms with Crippen LogP contribution in [-0.4, -0.2) is 48.1 Å². The topological polar surface area (TPSA) is 102 Å². The normalized spacial score (nSPS) is 17.9. The lowest BCUT2D eigenvalue weighted by Gasteiger charge is -2.34. The zero-order valence-corrected chi connectivity index (χ0v) is 12.3. The third kappa shape index (κ3) is 3.70. The van der Waals surface area contributed by atoms with E-state index in [1.807, 2.05) is 11.9 Å². The molecule has 1 aliphatic heterocycles. The number of likely N-dealkylation sites (tertiary alicyclic amines) is 1. The van der Waals surface area contributed by atoms with E-state index in [4.69, 9.17) is 5.73 Å². The van der Waals surface area contributed by atoms with Gasteiger partial charge in [0.2, 0.25) is 5.91 Å². The Balaban J connectivity index is 2.12. The van der Waals surface area contributed by atoms with Crippen molar-refractivity contribution >= 4 is 17.3 Å². The first-order valence-electron chi connectivity index (χ1n) is 7.00.